The average molecular weight is 456 g/mol. The Kier molecular flexibility index (Phi) is 6.64. The topological polar surface area (TPSA) is 129 Å². The zero-order chi connectivity index (χ0) is 23.5. The monoisotopic (exact) mass is 456 g/mol. The number of nitrogens with zero attached hydrogens (tertiary/aromatic N) is 3. The number of anilines is 2. The third kappa shape index (κ3) is 4.85. The minimum atomic E-state index is -1.09. The number of aromatic nitrogens is 3. The molecule has 176 valence electrons. The minimum absolute atomic E-state index is 0.138. The number of benzene rings is 1. The highest BCUT2D eigenvalue weighted by atomic mass is 16.5. The number of aryl methyl sites for hydroxylation is 2. The molecule has 1 saturated heterocycles. The van der Waals surface area contributed by atoms with E-state index in [0.29, 0.717) is 25.4 Å². The Morgan fingerprint density at radius 2 is 2.00 bits per heavy atom. The summed E-state index contributed by atoms with van der Waals surface area (Å²) in [5.41, 5.74) is 1.14. The molecule has 1 fully saturated rings. The van der Waals surface area contributed by atoms with Crippen LogP contribution in [0.5, 0.6) is 0 Å². The van der Waals surface area contributed by atoms with E-state index >= 15 is 0 Å². The maximum Gasteiger partial charge on any atom is 0.354 e. The van der Waals surface area contributed by atoms with Crippen LogP contribution in [-0.4, -0.2) is 38.4 Å². The molecule has 0 saturated carbocycles. The summed E-state index contributed by atoms with van der Waals surface area (Å²) in [4.78, 5) is 40.9. The van der Waals surface area contributed by atoms with Crippen LogP contribution in [0.1, 0.15) is 37.5 Å². The lowest BCUT2D eigenvalue weighted by atomic mass is 10.0. The lowest BCUT2D eigenvalue weighted by Crippen LogP contribution is -2.44. The molecule has 1 aromatic carbocycles. The smallest absolute Gasteiger partial charge is 0.354 e. The van der Waals surface area contributed by atoms with Crippen LogP contribution >= 0.6 is 0 Å². The molecule has 0 bridgehead atoms. The highest BCUT2D eigenvalue weighted by Crippen LogP contribution is 2.29. The number of carboxylic acids is 1. The Labute approximate surface area is 189 Å². The van der Waals surface area contributed by atoms with Crippen molar-refractivity contribution in [2.75, 3.05) is 18.5 Å². The SMILES string of the molecule is CCc1oc2ccc(Nc3nc(=O)n(CCC(=O)O)c(=O)n3CC3CCOCC3)cc2c1C. The standard InChI is InChI=1S/C23H28N4O6/c1-3-18-14(2)17-12-16(4-5-19(17)33-18)24-21-25-22(30)26(9-6-20(28)29)23(31)27(21)13-15-7-10-32-11-8-15/h4-5,12,15H,3,6-11,13H2,1-2H3,(H,28,29)(H,24,25,30). The van der Waals surface area contributed by atoms with Gasteiger partial charge < -0.3 is 19.6 Å². The first-order valence-corrected chi connectivity index (χ1v) is 11.2. The molecular formula is C23H28N4O6. The van der Waals surface area contributed by atoms with E-state index in [1.54, 1.807) is 0 Å². The van der Waals surface area contributed by atoms with E-state index < -0.39 is 17.3 Å². The molecule has 2 N–H and O–H groups in total. The van der Waals surface area contributed by atoms with Gasteiger partial charge in [-0.25, -0.2) is 14.2 Å². The third-order valence-electron chi connectivity index (χ3n) is 6.09. The van der Waals surface area contributed by atoms with Gasteiger partial charge in [0.05, 0.1) is 6.42 Å². The second kappa shape index (κ2) is 9.62. The number of nitrogens with one attached hydrogen (secondary N) is 1. The van der Waals surface area contributed by atoms with Crippen LogP contribution < -0.4 is 16.7 Å². The molecule has 10 nitrogen and oxygen atoms in total. The van der Waals surface area contributed by atoms with Crippen LogP contribution in [0.15, 0.2) is 32.2 Å². The molecule has 0 spiro atoms. The molecule has 0 aliphatic carbocycles. The van der Waals surface area contributed by atoms with Crippen molar-refractivity contribution in [3.63, 3.8) is 0 Å². The second-order valence-electron chi connectivity index (χ2n) is 8.30. The van der Waals surface area contributed by atoms with E-state index in [4.69, 9.17) is 14.3 Å². The zero-order valence-electron chi connectivity index (χ0n) is 18.8. The summed E-state index contributed by atoms with van der Waals surface area (Å²) < 4.78 is 13.6. The third-order valence-corrected chi connectivity index (χ3v) is 6.09. The van der Waals surface area contributed by atoms with Crippen LogP contribution in [0.25, 0.3) is 11.0 Å². The summed E-state index contributed by atoms with van der Waals surface area (Å²) in [5, 5.41) is 13.1. The summed E-state index contributed by atoms with van der Waals surface area (Å²) >= 11 is 0. The molecular weight excluding hydrogens is 428 g/mol. The van der Waals surface area contributed by atoms with Crippen LogP contribution in [0.2, 0.25) is 0 Å². The molecule has 33 heavy (non-hydrogen) atoms. The first kappa shape index (κ1) is 22.8. The molecule has 1 aliphatic heterocycles. The van der Waals surface area contributed by atoms with Gasteiger partial charge in [0, 0.05) is 43.8 Å². The summed E-state index contributed by atoms with van der Waals surface area (Å²) in [5.74, 6) is 0.154. The van der Waals surface area contributed by atoms with Crippen molar-refractivity contribution in [2.45, 2.75) is 52.6 Å². The summed E-state index contributed by atoms with van der Waals surface area (Å²) in [6, 6.07) is 5.57. The predicted molar refractivity (Wildman–Crippen MR) is 122 cm³/mol. The Morgan fingerprint density at radius 1 is 1.24 bits per heavy atom. The lowest BCUT2D eigenvalue weighted by Gasteiger charge is -2.24. The first-order chi connectivity index (χ1) is 15.9. The van der Waals surface area contributed by atoms with E-state index in [0.717, 1.165) is 46.1 Å². The molecule has 3 heterocycles. The Bertz CT molecular complexity index is 1280. The molecule has 3 aromatic rings. The van der Waals surface area contributed by atoms with Crippen molar-refractivity contribution < 1.29 is 19.1 Å². The van der Waals surface area contributed by atoms with Crippen molar-refractivity contribution in [2.24, 2.45) is 5.92 Å². The number of hydrogen-bond donors (Lipinski definition) is 2. The van der Waals surface area contributed by atoms with Gasteiger partial charge in [-0.1, -0.05) is 6.92 Å². The van der Waals surface area contributed by atoms with Crippen molar-refractivity contribution >= 4 is 28.6 Å². The number of rotatable bonds is 8. The largest absolute Gasteiger partial charge is 0.481 e. The Hall–Kier alpha value is -3.40. The van der Waals surface area contributed by atoms with Gasteiger partial charge in [-0.2, -0.15) is 4.98 Å². The maximum atomic E-state index is 13.2. The van der Waals surface area contributed by atoms with E-state index in [9.17, 15) is 14.4 Å². The molecule has 0 atom stereocenters. The van der Waals surface area contributed by atoms with E-state index in [1.165, 1.54) is 4.57 Å². The number of aliphatic carboxylic acids is 1. The second-order valence-corrected chi connectivity index (χ2v) is 8.30. The highest BCUT2D eigenvalue weighted by molar-refractivity contribution is 5.86. The van der Waals surface area contributed by atoms with E-state index in [-0.39, 0.29) is 24.8 Å². The molecule has 1 aliphatic rings. The summed E-state index contributed by atoms with van der Waals surface area (Å²) in [6.07, 6.45) is 2.03. The fraction of sp³-hybridized carbons (Fsp3) is 0.478. The fourth-order valence-corrected chi connectivity index (χ4v) is 4.19. The van der Waals surface area contributed by atoms with Crippen molar-refractivity contribution in [1.29, 1.82) is 0 Å². The number of ether oxygens (including phenoxy) is 1. The predicted octanol–water partition coefficient (Wildman–Crippen LogP) is 2.67. The van der Waals surface area contributed by atoms with Gasteiger partial charge >= 0.3 is 17.3 Å². The number of hydrogen-bond acceptors (Lipinski definition) is 7. The summed E-state index contributed by atoms with van der Waals surface area (Å²) in [7, 11) is 0. The highest BCUT2D eigenvalue weighted by Gasteiger charge is 2.20. The van der Waals surface area contributed by atoms with Gasteiger partial charge in [0.2, 0.25) is 5.95 Å². The minimum Gasteiger partial charge on any atom is -0.481 e. The summed E-state index contributed by atoms with van der Waals surface area (Å²) in [6.45, 7) is 5.39. The van der Waals surface area contributed by atoms with Crippen molar-refractivity contribution in [1.82, 2.24) is 14.1 Å². The first-order valence-electron chi connectivity index (χ1n) is 11.2. The van der Waals surface area contributed by atoms with Crippen LogP contribution in [-0.2, 0) is 29.0 Å². The van der Waals surface area contributed by atoms with E-state index in [1.807, 2.05) is 32.0 Å². The van der Waals surface area contributed by atoms with Gasteiger partial charge in [0.15, 0.2) is 0 Å². The molecule has 0 unspecified atom stereocenters. The van der Waals surface area contributed by atoms with Gasteiger partial charge in [-0.05, 0) is 49.4 Å². The van der Waals surface area contributed by atoms with Crippen LogP contribution in [0.4, 0.5) is 11.6 Å². The molecule has 2 aromatic heterocycles. The van der Waals surface area contributed by atoms with Crippen LogP contribution in [0.3, 0.4) is 0 Å². The number of carboxylic acid groups (broad SMARTS) is 1. The van der Waals surface area contributed by atoms with Gasteiger partial charge in [-0.15, -0.1) is 0 Å². The lowest BCUT2D eigenvalue weighted by molar-refractivity contribution is -0.137. The molecule has 4 rings (SSSR count). The quantitative estimate of drug-likeness (QED) is 0.529. The maximum absolute atomic E-state index is 13.2. The van der Waals surface area contributed by atoms with Crippen LogP contribution in [0, 0.1) is 12.8 Å². The van der Waals surface area contributed by atoms with Gasteiger partial charge in [0.25, 0.3) is 0 Å². The van der Waals surface area contributed by atoms with Gasteiger partial charge in [-0.3, -0.25) is 9.36 Å². The fourth-order valence-electron chi connectivity index (χ4n) is 4.19. The number of carbonyl (C=O) groups is 1. The van der Waals surface area contributed by atoms with Crippen molar-refractivity contribution in [3.8, 4) is 0 Å². The molecule has 10 heteroatoms. The van der Waals surface area contributed by atoms with Gasteiger partial charge in [0.1, 0.15) is 11.3 Å². The Balaban J connectivity index is 1.73. The zero-order valence-corrected chi connectivity index (χ0v) is 18.8. The Morgan fingerprint density at radius 3 is 2.70 bits per heavy atom. The van der Waals surface area contributed by atoms with E-state index in [2.05, 4.69) is 10.3 Å². The van der Waals surface area contributed by atoms with Crippen molar-refractivity contribution in [3.05, 3.63) is 50.5 Å². The molecule has 0 amide bonds. The average Bonchev–Trinajstić information content (AvgIpc) is 3.12. The number of fused-ring (bicyclic) bond motifs is 1. The normalized spacial score (nSPS) is 14.6. The molecule has 0 radical (unpaired) electrons. The number of furan rings is 1.